The van der Waals surface area contributed by atoms with Crippen molar-refractivity contribution in [3.05, 3.63) is 0 Å². The predicted molar refractivity (Wildman–Crippen MR) is 47.2 cm³/mol. The fourth-order valence-corrected chi connectivity index (χ4v) is 2.05. The Morgan fingerprint density at radius 3 is 2.15 bits per heavy atom. The molecule has 72 valence electrons. The molecule has 0 heterocycles. The van der Waals surface area contributed by atoms with Crippen LogP contribution < -0.4 is 0 Å². The number of rotatable bonds is 3. The van der Waals surface area contributed by atoms with Crippen LogP contribution in [0, 0.1) is 11.8 Å². The van der Waals surface area contributed by atoms with Gasteiger partial charge in [0, 0.05) is 12.3 Å². The molecule has 1 saturated carbocycles. The molecule has 0 aliphatic heterocycles. The molecule has 0 saturated heterocycles. The van der Waals surface area contributed by atoms with Crippen LogP contribution in [0.2, 0.25) is 0 Å². The van der Waals surface area contributed by atoms with E-state index in [0.29, 0.717) is 12.8 Å². The first kappa shape index (κ1) is 10.1. The normalized spacial score (nSPS) is 22.4. The van der Waals surface area contributed by atoms with Crippen LogP contribution >= 0.6 is 0 Å². The van der Waals surface area contributed by atoms with Crippen molar-refractivity contribution in [2.24, 2.45) is 11.8 Å². The zero-order valence-electron chi connectivity index (χ0n) is 8.00. The summed E-state index contributed by atoms with van der Waals surface area (Å²) in [5.41, 5.74) is 0. The van der Waals surface area contributed by atoms with Crippen molar-refractivity contribution in [3.8, 4) is 0 Å². The molecule has 3 heteroatoms. The van der Waals surface area contributed by atoms with Gasteiger partial charge >= 0.3 is 0 Å². The van der Waals surface area contributed by atoms with Crippen molar-refractivity contribution in [3.63, 3.8) is 0 Å². The molecule has 1 unspecified atom stereocenters. The maximum absolute atomic E-state index is 11.3. The number of hydrogen-bond acceptors (Lipinski definition) is 3. The first-order valence-electron chi connectivity index (χ1n) is 4.57. The number of ketones is 3. The van der Waals surface area contributed by atoms with Crippen molar-refractivity contribution in [1.29, 1.82) is 0 Å². The molecule has 0 spiro atoms. The molecule has 13 heavy (non-hydrogen) atoms. The van der Waals surface area contributed by atoms with E-state index in [0.717, 1.165) is 6.42 Å². The predicted octanol–water partition coefficient (Wildman–Crippen LogP) is 1.15. The highest BCUT2D eigenvalue weighted by Gasteiger charge is 2.37. The van der Waals surface area contributed by atoms with E-state index in [9.17, 15) is 14.4 Å². The Hall–Kier alpha value is -0.990. The average Bonchev–Trinajstić information content (AvgIpc) is 2.35. The number of carbonyl (C=O) groups excluding carboxylic acids is 3. The number of hydrogen-bond donors (Lipinski definition) is 0. The zero-order valence-corrected chi connectivity index (χ0v) is 8.00. The second-order valence-corrected chi connectivity index (χ2v) is 3.66. The summed E-state index contributed by atoms with van der Waals surface area (Å²) in [7, 11) is 0. The molecule has 0 aromatic heterocycles. The van der Waals surface area contributed by atoms with E-state index in [4.69, 9.17) is 0 Å². The van der Waals surface area contributed by atoms with E-state index < -0.39 is 5.92 Å². The average molecular weight is 182 g/mol. The summed E-state index contributed by atoms with van der Waals surface area (Å²) in [6.07, 6.45) is 2.05. The van der Waals surface area contributed by atoms with Crippen LogP contribution in [0.15, 0.2) is 0 Å². The molecule has 0 amide bonds. The minimum Gasteiger partial charge on any atom is -0.299 e. The Morgan fingerprint density at radius 1 is 1.31 bits per heavy atom. The summed E-state index contributed by atoms with van der Waals surface area (Å²) < 4.78 is 0. The third-order valence-electron chi connectivity index (χ3n) is 2.63. The second-order valence-electron chi connectivity index (χ2n) is 3.66. The molecule has 3 nitrogen and oxygen atoms in total. The van der Waals surface area contributed by atoms with E-state index in [-0.39, 0.29) is 23.3 Å². The smallest absolute Gasteiger partial charge is 0.140 e. The highest BCUT2D eigenvalue weighted by molar-refractivity contribution is 6.04. The lowest BCUT2D eigenvalue weighted by atomic mass is 9.84. The first-order valence-corrected chi connectivity index (χ1v) is 4.57. The molecule has 0 aromatic carbocycles. The van der Waals surface area contributed by atoms with Crippen LogP contribution in [0.3, 0.4) is 0 Å². The van der Waals surface area contributed by atoms with Gasteiger partial charge in [-0.15, -0.1) is 0 Å². The fourth-order valence-electron chi connectivity index (χ4n) is 2.05. The standard InChI is InChI=1S/C10H14O3/c1-6(11)10(7(2)12)8-4-3-5-9(8)13/h8,10H,3-5H2,1-2H3. The van der Waals surface area contributed by atoms with Crippen molar-refractivity contribution in [2.75, 3.05) is 0 Å². The van der Waals surface area contributed by atoms with E-state index in [1.165, 1.54) is 13.8 Å². The molecule has 1 rings (SSSR count). The van der Waals surface area contributed by atoms with Crippen LogP contribution in [0.4, 0.5) is 0 Å². The quantitative estimate of drug-likeness (QED) is 0.615. The Bertz CT molecular complexity index is 241. The third-order valence-corrected chi connectivity index (χ3v) is 2.63. The Balaban J connectivity index is 2.81. The molecule has 0 aromatic rings. The van der Waals surface area contributed by atoms with Gasteiger partial charge in [0.2, 0.25) is 0 Å². The van der Waals surface area contributed by atoms with Crippen LogP contribution in [0.25, 0.3) is 0 Å². The first-order chi connectivity index (χ1) is 6.04. The molecule has 1 fully saturated rings. The van der Waals surface area contributed by atoms with Crippen LogP contribution in [0.5, 0.6) is 0 Å². The minimum atomic E-state index is -0.671. The maximum atomic E-state index is 11.3. The van der Waals surface area contributed by atoms with Crippen molar-refractivity contribution >= 4 is 17.3 Å². The summed E-state index contributed by atoms with van der Waals surface area (Å²) in [5, 5.41) is 0. The Labute approximate surface area is 77.5 Å². The lowest BCUT2D eigenvalue weighted by Gasteiger charge is -2.15. The van der Waals surface area contributed by atoms with Gasteiger partial charge in [0.1, 0.15) is 17.3 Å². The van der Waals surface area contributed by atoms with Crippen molar-refractivity contribution < 1.29 is 14.4 Å². The van der Waals surface area contributed by atoms with Crippen molar-refractivity contribution in [2.45, 2.75) is 33.1 Å². The van der Waals surface area contributed by atoms with Crippen LogP contribution in [0.1, 0.15) is 33.1 Å². The van der Waals surface area contributed by atoms with Crippen LogP contribution in [-0.2, 0) is 14.4 Å². The van der Waals surface area contributed by atoms with Gasteiger partial charge in [-0.3, -0.25) is 14.4 Å². The van der Waals surface area contributed by atoms with Gasteiger partial charge in [0.15, 0.2) is 0 Å². The third kappa shape index (κ3) is 2.02. The van der Waals surface area contributed by atoms with Gasteiger partial charge in [-0.05, 0) is 26.7 Å². The molecular formula is C10H14O3. The fraction of sp³-hybridized carbons (Fsp3) is 0.700. The summed E-state index contributed by atoms with van der Waals surface area (Å²) in [5.74, 6) is -1.26. The molecular weight excluding hydrogens is 168 g/mol. The van der Waals surface area contributed by atoms with E-state index >= 15 is 0 Å². The SMILES string of the molecule is CC(=O)C(C(C)=O)C1CCCC1=O. The largest absolute Gasteiger partial charge is 0.299 e. The number of Topliss-reactive ketones (excluding diaryl/α,β-unsaturated/α-hetero) is 3. The molecule has 0 N–H and O–H groups in total. The lowest BCUT2D eigenvalue weighted by Crippen LogP contribution is -2.30. The second kappa shape index (κ2) is 3.81. The molecule has 0 radical (unpaired) electrons. The van der Waals surface area contributed by atoms with Crippen molar-refractivity contribution in [1.82, 2.24) is 0 Å². The Kier molecular flexibility index (Phi) is 2.96. The van der Waals surface area contributed by atoms with Gasteiger partial charge in [0.25, 0.3) is 0 Å². The maximum Gasteiger partial charge on any atom is 0.140 e. The molecule has 1 aliphatic rings. The lowest BCUT2D eigenvalue weighted by molar-refractivity contribution is -0.137. The number of carbonyl (C=O) groups is 3. The molecule has 0 bridgehead atoms. The highest BCUT2D eigenvalue weighted by atomic mass is 16.2. The van der Waals surface area contributed by atoms with Gasteiger partial charge in [0.05, 0.1) is 5.92 Å². The minimum absolute atomic E-state index is 0.0791. The topological polar surface area (TPSA) is 51.2 Å². The summed E-state index contributed by atoms with van der Waals surface area (Å²) in [4.78, 5) is 33.6. The van der Waals surface area contributed by atoms with E-state index in [2.05, 4.69) is 0 Å². The molecule has 1 aliphatic carbocycles. The molecule has 1 atom stereocenters. The zero-order chi connectivity index (χ0) is 10.0. The Morgan fingerprint density at radius 2 is 1.85 bits per heavy atom. The van der Waals surface area contributed by atoms with Gasteiger partial charge in [-0.2, -0.15) is 0 Å². The van der Waals surface area contributed by atoms with Gasteiger partial charge < -0.3 is 0 Å². The van der Waals surface area contributed by atoms with E-state index in [1.54, 1.807) is 0 Å². The van der Waals surface area contributed by atoms with Gasteiger partial charge in [-0.25, -0.2) is 0 Å². The summed E-state index contributed by atoms with van der Waals surface area (Å²) in [6, 6.07) is 0. The summed E-state index contributed by atoms with van der Waals surface area (Å²) >= 11 is 0. The summed E-state index contributed by atoms with van der Waals surface area (Å²) in [6.45, 7) is 2.77. The van der Waals surface area contributed by atoms with Crippen LogP contribution in [-0.4, -0.2) is 17.3 Å². The van der Waals surface area contributed by atoms with Gasteiger partial charge in [-0.1, -0.05) is 0 Å². The monoisotopic (exact) mass is 182 g/mol. The highest BCUT2D eigenvalue weighted by Crippen LogP contribution is 2.29. The van der Waals surface area contributed by atoms with E-state index in [1.807, 2.05) is 0 Å².